The Labute approximate surface area is 108 Å². The van der Waals surface area contributed by atoms with Gasteiger partial charge in [-0.05, 0) is 18.4 Å². The van der Waals surface area contributed by atoms with E-state index in [1.807, 2.05) is 0 Å². The van der Waals surface area contributed by atoms with Crippen molar-refractivity contribution in [2.24, 2.45) is 0 Å². The van der Waals surface area contributed by atoms with Crippen molar-refractivity contribution >= 4 is 34.0 Å². The minimum atomic E-state index is -1.13. The van der Waals surface area contributed by atoms with Crippen molar-refractivity contribution < 1.29 is 19.8 Å². The molecule has 0 amide bonds. The summed E-state index contributed by atoms with van der Waals surface area (Å²) in [4.78, 5) is 22.5. The highest BCUT2D eigenvalue weighted by Gasteiger charge is 2.23. The smallest absolute Gasteiger partial charge is 0.185 e. The fourth-order valence-electron chi connectivity index (χ4n) is 1.34. The van der Waals surface area contributed by atoms with E-state index in [0.717, 1.165) is 11.8 Å². The molecule has 94 valence electrons. The molecule has 0 aliphatic rings. The highest BCUT2D eigenvalue weighted by Crippen LogP contribution is 2.27. The number of rotatable bonds is 5. The molecule has 0 bridgehead atoms. The quantitative estimate of drug-likeness (QED) is 0.798. The molecule has 0 fully saturated rings. The summed E-state index contributed by atoms with van der Waals surface area (Å²) in [7, 11) is 0. The van der Waals surface area contributed by atoms with Gasteiger partial charge in [0.15, 0.2) is 10.9 Å². The van der Waals surface area contributed by atoms with Gasteiger partial charge >= 0.3 is 0 Å². The van der Waals surface area contributed by atoms with Crippen molar-refractivity contribution in [3.63, 3.8) is 0 Å². The van der Waals surface area contributed by atoms with E-state index in [9.17, 15) is 19.8 Å². The second kappa shape index (κ2) is 6.30. The van der Waals surface area contributed by atoms with Crippen molar-refractivity contribution in [1.29, 1.82) is 0 Å². The largest absolute Gasteiger partial charge is 0.389 e. The number of aliphatic hydroxyl groups excluding tert-OH is 2. The molecule has 1 rings (SSSR count). The third-order valence-corrected chi connectivity index (χ3v) is 4.10. The fourth-order valence-corrected chi connectivity index (χ4v) is 2.77. The van der Waals surface area contributed by atoms with Crippen LogP contribution in [0.25, 0.3) is 0 Å². The molecule has 0 aliphatic carbocycles. The molecule has 1 heterocycles. The molecular weight excluding hydrogens is 260 g/mol. The maximum Gasteiger partial charge on any atom is 0.185 e. The van der Waals surface area contributed by atoms with Crippen molar-refractivity contribution in [2.45, 2.75) is 26.1 Å². The van der Waals surface area contributed by atoms with Crippen LogP contribution in [0.15, 0.2) is 11.4 Å². The number of thiophene rings is 1. The first-order chi connectivity index (χ1) is 7.93. The van der Waals surface area contributed by atoms with E-state index < -0.39 is 12.2 Å². The Morgan fingerprint density at radius 3 is 2.59 bits per heavy atom. The molecule has 6 heteroatoms. The third-order valence-electron chi connectivity index (χ3n) is 2.16. The van der Waals surface area contributed by atoms with Crippen LogP contribution in [-0.4, -0.2) is 33.0 Å². The first kappa shape index (κ1) is 14.4. The van der Waals surface area contributed by atoms with Gasteiger partial charge in [0.2, 0.25) is 0 Å². The number of carbonyl (C=O) groups is 2. The molecular formula is C11H14O4S2. The molecule has 1 aromatic heterocycles. The van der Waals surface area contributed by atoms with Crippen LogP contribution in [0, 0.1) is 0 Å². The summed E-state index contributed by atoms with van der Waals surface area (Å²) in [5.74, 6) is -0.0237. The summed E-state index contributed by atoms with van der Waals surface area (Å²) in [6.45, 7) is 2.81. The summed E-state index contributed by atoms with van der Waals surface area (Å²) < 4.78 is 0. The van der Waals surface area contributed by atoms with E-state index >= 15 is 0 Å². The molecule has 2 unspecified atom stereocenters. The molecule has 0 saturated heterocycles. The van der Waals surface area contributed by atoms with E-state index in [1.54, 1.807) is 11.4 Å². The molecule has 1 aromatic rings. The van der Waals surface area contributed by atoms with E-state index in [-0.39, 0.29) is 16.7 Å². The van der Waals surface area contributed by atoms with Crippen LogP contribution < -0.4 is 0 Å². The molecule has 2 atom stereocenters. The standard InChI is InChI=1S/C11H14O4S2/c1-6(12)11-8(3-4-16-11)10(15)9(14)5-17-7(2)13/h3-4,9-10,14-15H,5H2,1-2H3. The van der Waals surface area contributed by atoms with E-state index in [1.165, 1.54) is 25.2 Å². The summed E-state index contributed by atoms with van der Waals surface area (Å²) in [5, 5.41) is 21.2. The Balaban J connectivity index is 2.74. The number of thioether (sulfide) groups is 1. The maximum atomic E-state index is 11.3. The molecule has 0 saturated carbocycles. The Hall–Kier alpha value is -0.690. The van der Waals surface area contributed by atoms with Crippen molar-refractivity contribution in [1.82, 2.24) is 0 Å². The zero-order valence-electron chi connectivity index (χ0n) is 9.54. The molecule has 0 radical (unpaired) electrons. The van der Waals surface area contributed by atoms with E-state index in [0.29, 0.717) is 10.4 Å². The van der Waals surface area contributed by atoms with Gasteiger partial charge in [-0.25, -0.2) is 0 Å². The van der Waals surface area contributed by atoms with Crippen LogP contribution >= 0.6 is 23.1 Å². The molecule has 4 nitrogen and oxygen atoms in total. The van der Waals surface area contributed by atoms with Gasteiger partial charge in [0, 0.05) is 18.2 Å². The Kier molecular flexibility index (Phi) is 5.32. The number of Topliss-reactive ketones (excluding diaryl/α,β-unsaturated/α-hetero) is 1. The first-order valence-electron chi connectivity index (χ1n) is 5.01. The first-order valence-corrected chi connectivity index (χ1v) is 6.87. The van der Waals surface area contributed by atoms with Gasteiger partial charge in [-0.15, -0.1) is 11.3 Å². The lowest BCUT2D eigenvalue weighted by molar-refractivity contribution is -0.109. The zero-order valence-corrected chi connectivity index (χ0v) is 11.2. The van der Waals surface area contributed by atoms with Crippen LogP contribution in [-0.2, 0) is 4.79 Å². The molecule has 0 aromatic carbocycles. The number of ketones is 1. The van der Waals surface area contributed by atoms with Gasteiger partial charge < -0.3 is 10.2 Å². The molecule has 0 spiro atoms. The predicted molar refractivity (Wildman–Crippen MR) is 68.4 cm³/mol. The third kappa shape index (κ3) is 3.92. The zero-order chi connectivity index (χ0) is 13.0. The van der Waals surface area contributed by atoms with Crippen molar-refractivity contribution in [3.8, 4) is 0 Å². The van der Waals surface area contributed by atoms with Crippen molar-refractivity contribution in [2.75, 3.05) is 5.75 Å². The lowest BCUT2D eigenvalue weighted by atomic mass is 10.1. The molecule has 2 N–H and O–H groups in total. The van der Waals surface area contributed by atoms with Gasteiger partial charge in [0.25, 0.3) is 0 Å². The maximum absolute atomic E-state index is 11.3. The summed E-state index contributed by atoms with van der Waals surface area (Å²) in [5.41, 5.74) is 0.430. The number of aliphatic hydroxyl groups is 2. The average molecular weight is 274 g/mol. The van der Waals surface area contributed by atoms with E-state index in [2.05, 4.69) is 0 Å². The monoisotopic (exact) mass is 274 g/mol. The van der Waals surface area contributed by atoms with Gasteiger partial charge in [-0.2, -0.15) is 0 Å². The second-order valence-electron chi connectivity index (χ2n) is 3.58. The lowest BCUT2D eigenvalue weighted by Crippen LogP contribution is -2.22. The van der Waals surface area contributed by atoms with Gasteiger partial charge in [0.1, 0.15) is 6.10 Å². The van der Waals surface area contributed by atoms with Crippen molar-refractivity contribution in [3.05, 3.63) is 21.9 Å². The normalized spacial score (nSPS) is 14.4. The summed E-state index contributed by atoms with van der Waals surface area (Å²) >= 11 is 2.18. The minimum absolute atomic E-state index is 0.115. The second-order valence-corrected chi connectivity index (χ2v) is 5.69. The Bertz CT molecular complexity index is 413. The lowest BCUT2D eigenvalue weighted by Gasteiger charge is -2.17. The summed E-state index contributed by atoms with van der Waals surface area (Å²) in [6, 6.07) is 1.62. The van der Waals surface area contributed by atoms with Gasteiger partial charge in [-0.3, -0.25) is 9.59 Å². The topological polar surface area (TPSA) is 74.6 Å². The van der Waals surface area contributed by atoms with Crippen LogP contribution in [0.3, 0.4) is 0 Å². The van der Waals surface area contributed by atoms with Gasteiger partial charge in [-0.1, -0.05) is 11.8 Å². The fraction of sp³-hybridized carbons (Fsp3) is 0.455. The van der Waals surface area contributed by atoms with E-state index in [4.69, 9.17) is 0 Å². The predicted octanol–water partition coefficient (Wildman–Crippen LogP) is 1.62. The van der Waals surface area contributed by atoms with Crippen LogP contribution in [0.1, 0.15) is 35.2 Å². The highest BCUT2D eigenvalue weighted by molar-refractivity contribution is 8.13. The van der Waals surface area contributed by atoms with Crippen LogP contribution in [0.2, 0.25) is 0 Å². The minimum Gasteiger partial charge on any atom is -0.389 e. The summed E-state index contributed by atoms with van der Waals surface area (Å²) in [6.07, 6.45) is -2.19. The molecule has 17 heavy (non-hydrogen) atoms. The van der Waals surface area contributed by atoms with Crippen LogP contribution in [0.5, 0.6) is 0 Å². The van der Waals surface area contributed by atoms with Gasteiger partial charge in [0.05, 0.1) is 11.0 Å². The number of carbonyl (C=O) groups excluding carboxylic acids is 2. The average Bonchev–Trinajstić information content (AvgIpc) is 2.73. The number of hydrogen-bond acceptors (Lipinski definition) is 6. The Morgan fingerprint density at radius 1 is 1.41 bits per heavy atom. The highest BCUT2D eigenvalue weighted by atomic mass is 32.2. The van der Waals surface area contributed by atoms with Crippen LogP contribution in [0.4, 0.5) is 0 Å². The Morgan fingerprint density at radius 2 is 2.06 bits per heavy atom. The SMILES string of the molecule is CC(=O)SCC(O)C(O)c1ccsc1C(C)=O. The number of hydrogen-bond donors (Lipinski definition) is 2. The molecule has 0 aliphatic heterocycles.